The van der Waals surface area contributed by atoms with E-state index in [9.17, 15) is 4.79 Å². The summed E-state index contributed by atoms with van der Waals surface area (Å²) >= 11 is 0. The number of esters is 1. The first kappa shape index (κ1) is 16.6. The van der Waals surface area contributed by atoms with E-state index in [2.05, 4.69) is 9.97 Å². The summed E-state index contributed by atoms with van der Waals surface area (Å²) in [5.41, 5.74) is 3.37. The molecule has 0 aliphatic rings. The van der Waals surface area contributed by atoms with Gasteiger partial charge in [0.05, 0.1) is 22.9 Å². The molecule has 1 aromatic heterocycles. The van der Waals surface area contributed by atoms with Crippen LogP contribution >= 0.6 is 0 Å². The van der Waals surface area contributed by atoms with Crippen LogP contribution < -0.4 is 4.74 Å². The largest absolute Gasteiger partial charge is 0.490 e. The molecule has 25 heavy (non-hydrogen) atoms. The lowest BCUT2D eigenvalue weighted by Gasteiger charge is -2.06. The van der Waals surface area contributed by atoms with E-state index in [0.717, 1.165) is 16.8 Å². The molecule has 0 saturated carbocycles. The molecule has 0 aliphatic carbocycles. The smallest absolute Gasteiger partial charge is 0.330 e. The van der Waals surface area contributed by atoms with Crippen molar-refractivity contribution >= 4 is 23.1 Å². The Hall–Kier alpha value is -3.21. The zero-order valence-electron chi connectivity index (χ0n) is 13.9. The van der Waals surface area contributed by atoms with Crippen molar-refractivity contribution in [1.82, 2.24) is 9.97 Å². The number of nitrogens with zero attached hydrogens (tertiary/aromatic N) is 2. The van der Waals surface area contributed by atoms with Gasteiger partial charge < -0.3 is 9.47 Å². The van der Waals surface area contributed by atoms with Gasteiger partial charge in [-0.15, -0.1) is 0 Å². The third-order valence-corrected chi connectivity index (χ3v) is 3.47. The number of carbonyl (C=O) groups excluding carboxylic acids is 1. The summed E-state index contributed by atoms with van der Waals surface area (Å²) in [4.78, 5) is 20.4. The van der Waals surface area contributed by atoms with Crippen molar-refractivity contribution in [1.29, 1.82) is 0 Å². The molecule has 0 aliphatic heterocycles. The Morgan fingerprint density at radius 1 is 1.04 bits per heavy atom. The van der Waals surface area contributed by atoms with Crippen LogP contribution in [0.3, 0.4) is 0 Å². The van der Waals surface area contributed by atoms with Gasteiger partial charge in [-0.3, -0.25) is 4.98 Å². The number of aromatic nitrogens is 2. The SMILES string of the molecule is Cc1ccc(OCCOC(=O)/C=C/c2cnc3ccccc3n2)cc1. The second kappa shape index (κ2) is 8.06. The third-order valence-electron chi connectivity index (χ3n) is 3.47. The molecule has 126 valence electrons. The quantitative estimate of drug-likeness (QED) is 0.392. The lowest BCUT2D eigenvalue weighted by atomic mass is 10.2. The van der Waals surface area contributed by atoms with Gasteiger partial charge in [-0.2, -0.15) is 0 Å². The molecule has 0 fully saturated rings. The number of hydrogen-bond donors (Lipinski definition) is 0. The number of aryl methyl sites for hydroxylation is 1. The van der Waals surface area contributed by atoms with E-state index in [1.54, 1.807) is 12.3 Å². The highest BCUT2D eigenvalue weighted by molar-refractivity contribution is 5.87. The summed E-state index contributed by atoms with van der Waals surface area (Å²) in [6, 6.07) is 15.3. The van der Waals surface area contributed by atoms with Gasteiger partial charge in [0.25, 0.3) is 0 Å². The topological polar surface area (TPSA) is 61.3 Å². The highest BCUT2D eigenvalue weighted by Gasteiger charge is 2.00. The van der Waals surface area contributed by atoms with Crippen LogP contribution in [-0.4, -0.2) is 29.2 Å². The number of hydrogen-bond acceptors (Lipinski definition) is 5. The molecule has 0 N–H and O–H groups in total. The minimum atomic E-state index is -0.442. The molecule has 0 bridgehead atoms. The number of benzene rings is 2. The summed E-state index contributed by atoms with van der Waals surface area (Å²) in [5, 5.41) is 0. The molecule has 0 spiro atoms. The number of rotatable bonds is 6. The van der Waals surface area contributed by atoms with E-state index in [0.29, 0.717) is 12.3 Å². The van der Waals surface area contributed by atoms with Crippen molar-refractivity contribution in [3.8, 4) is 5.75 Å². The highest BCUT2D eigenvalue weighted by Crippen LogP contribution is 2.11. The number of ether oxygens (including phenoxy) is 2. The molecule has 0 saturated heterocycles. The van der Waals surface area contributed by atoms with E-state index in [1.807, 2.05) is 55.5 Å². The van der Waals surface area contributed by atoms with Crippen molar-refractivity contribution < 1.29 is 14.3 Å². The first-order valence-corrected chi connectivity index (χ1v) is 7.97. The fraction of sp³-hybridized carbons (Fsp3) is 0.150. The summed E-state index contributed by atoms with van der Waals surface area (Å²) < 4.78 is 10.6. The molecule has 5 nitrogen and oxygen atoms in total. The molecule has 3 rings (SSSR count). The van der Waals surface area contributed by atoms with Crippen LogP contribution in [0.25, 0.3) is 17.1 Å². The second-order valence-corrected chi connectivity index (χ2v) is 5.45. The molecule has 3 aromatic rings. The second-order valence-electron chi connectivity index (χ2n) is 5.45. The van der Waals surface area contributed by atoms with Gasteiger partial charge in [0.2, 0.25) is 0 Å². The van der Waals surface area contributed by atoms with Gasteiger partial charge in [-0.05, 0) is 37.3 Å². The van der Waals surface area contributed by atoms with Gasteiger partial charge in [0.1, 0.15) is 19.0 Å². The van der Waals surface area contributed by atoms with Crippen molar-refractivity contribution in [2.75, 3.05) is 13.2 Å². The lowest BCUT2D eigenvalue weighted by molar-refractivity contribution is -0.138. The Bertz CT molecular complexity index is 889. The maximum atomic E-state index is 11.7. The fourth-order valence-corrected chi connectivity index (χ4v) is 2.19. The van der Waals surface area contributed by atoms with Gasteiger partial charge in [0.15, 0.2) is 0 Å². The fourth-order valence-electron chi connectivity index (χ4n) is 2.19. The molecule has 0 atom stereocenters. The summed E-state index contributed by atoms with van der Waals surface area (Å²) in [6.45, 7) is 2.50. The third kappa shape index (κ3) is 4.88. The van der Waals surface area contributed by atoms with E-state index >= 15 is 0 Å². The minimum absolute atomic E-state index is 0.181. The average molecular weight is 334 g/mol. The number of carbonyl (C=O) groups is 1. The van der Waals surface area contributed by atoms with Crippen LogP contribution in [-0.2, 0) is 9.53 Å². The standard InChI is InChI=1S/C20H18N2O3/c1-15-6-9-17(10-7-15)24-12-13-25-20(23)11-8-16-14-21-18-4-2-3-5-19(18)22-16/h2-11,14H,12-13H2,1H3/b11-8+. The number of para-hydroxylation sites is 2. The zero-order valence-corrected chi connectivity index (χ0v) is 13.9. The predicted molar refractivity (Wildman–Crippen MR) is 96.2 cm³/mol. The van der Waals surface area contributed by atoms with E-state index < -0.39 is 5.97 Å². The first-order valence-electron chi connectivity index (χ1n) is 7.97. The molecule has 0 radical (unpaired) electrons. The highest BCUT2D eigenvalue weighted by atomic mass is 16.6. The normalized spacial score (nSPS) is 10.9. The van der Waals surface area contributed by atoms with Gasteiger partial charge in [0, 0.05) is 6.08 Å². The summed E-state index contributed by atoms with van der Waals surface area (Å²) in [7, 11) is 0. The van der Waals surface area contributed by atoms with Crippen molar-refractivity contribution in [3.63, 3.8) is 0 Å². The lowest BCUT2D eigenvalue weighted by Crippen LogP contribution is -2.10. The van der Waals surface area contributed by atoms with E-state index in [4.69, 9.17) is 9.47 Å². The van der Waals surface area contributed by atoms with Crippen molar-refractivity contribution in [2.24, 2.45) is 0 Å². The molecular formula is C20H18N2O3. The number of fused-ring (bicyclic) bond motifs is 1. The van der Waals surface area contributed by atoms with Crippen LogP contribution in [0.2, 0.25) is 0 Å². The zero-order chi connectivity index (χ0) is 17.5. The van der Waals surface area contributed by atoms with Gasteiger partial charge >= 0.3 is 5.97 Å². The molecule has 5 heteroatoms. The van der Waals surface area contributed by atoms with E-state index in [-0.39, 0.29) is 6.61 Å². The maximum Gasteiger partial charge on any atom is 0.330 e. The van der Waals surface area contributed by atoms with Crippen LogP contribution in [0, 0.1) is 6.92 Å². The Morgan fingerprint density at radius 3 is 2.60 bits per heavy atom. The van der Waals surface area contributed by atoms with Crippen molar-refractivity contribution in [2.45, 2.75) is 6.92 Å². The Kier molecular flexibility index (Phi) is 5.36. The Balaban J connectivity index is 1.46. The van der Waals surface area contributed by atoms with E-state index in [1.165, 1.54) is 11.6 Å². The maximum absolute atomic E-state index is 11.7. The summed E-state index contributed by atoms with van der Waals surface area (Å²) in [5.74, 6) is 0.311. The van der Waals surface area contributed by atoms with Gasteiger partial charge in [-0.25, -0.2) is 9.78 Å². The minimum Gasteiger partial charge on any atom is -0.490 e. The molecule has 1 heterocycles. The van der Waals surface area contributed by atoms with Crippen LogP contribution in [0.5, 0.6) is 5.75 Å². The Morgan fingerprint density at radius 2 is 1.80 bits per heavy atom. The molecule has 0 amide bonds. The van der Waals surface area contributed by atoms with Crippen LogP contribution in [0.1, 0.15) is 11.3 Å². The summed E-state index contributed by atoms with van der Waals surface area (Å²) in [6.07, 6.45) is 4.54. The molecule has 0 unspecified atom stereocenters. The molecule has 2 aromatic carbocycles. The molecular weight excluding hydrogens is 316 g/mol. The monoisotopic (exact) mass is 334 g/mol. The van der Waals surface area contributed by atoms with Crippen LogP contribution in [0.15, 0.2) is 60.8 Å². The van der Waals surface area contributed by atoms with Crippen molar-refractivity contribution in [3.05, 3.63) is 72.1 Å². The van der Waals surface area contributed by atoms with Gasteiger partial charge in [-0.1, -0.05) is 29.8 Å². The predicted octanol–water partition coefficient (Wildman–Crippen LogP) is 3.57. The average Bonchev–Trinajstić information content (AvgIpc) is 2.65. The first-order chi connectivity index (χ1) is 12.2. The van der Waals surface area contributed by atoms with Crippen LogP contribution in [0.4, 0.5) is 0 Å². The Labute approximate surface area is 145 Å².